The van der Waals surface area contributed by atoms with E-state index >= 15 is 0 Å². The molecule has 0 radical (unpaired) electrons. The van der Waals surface area contributed by atoms with Crippen molar-refractivity contribution in [3.05, 3.63) is 70.6 Å². The number of nitrogens with zero attached hydrogens (tertiary/aromatic N) is 3. The molecule has 1 aliphatic heterocycles. The summed E-state index contributed by atoms with van der Waals surface area (Å²) in [5, 5.41) is 4.46. The zero-order valence-electron chi connectivity index (χ0n) is 14.0. The van der Waals surface area contributed by atoms with Crippen LogP contribution in [0.2, 0.25) is 5.02 Å². The number of likely N-dealkylation sites (tertiary alicyclic amines) is 1. The Morgan fingerprint density at radius 2 is 2.00 bits per heavy atom. The lowest BCUT2D eigenvalue weighted by atomic mass is 10.1. The molecule has 1 atom stereocenters. The van der Waals surface area contributed by atoms with E-state index in [2.05, 4.69) is 10.1 Å². The van der Waals surface area contributed by atoms with Crippen molar-refractivity contribution in [1.82, 2.24) is 15.0 Å². The SMILES string of the molecule is O=C(c1ccc(F)c(F)c1)N1CCC[C@H]1c1nc(-c2ccccc2Cl)no1. The number of rotatable bonds is 3. The summed E-state index contributed by atoms with van der Waals surface area (Å²) < 4.78 is 32.0. The fraction of sp³-hybridized carbons (Fsp3) is 0.211. The molecule has 0 spiro atoms. The summed E-state index contributed by atoms with van der Waals surface area (Å²) in [5.41, 5.74) is 0.706. The van der Waals surface area contributed by atoms with Gasteiger partial charge in [0.15, 0.2) is 11.6 Å². The monoisotopic (exact) mass is 389 g/mol. The van der Waals surface area contributed by atoms with Gasteiger partial charge >= 0.3 is 0 Å². The first kappa shape index (κ1) is 17.6. The summed E-state index contributed by atoms with van der Waals surface area (Å²) in [6.45, 7) is 0.465. The normalized spacial score (nSPS) is 16.7. The fourth-order valence-corrected chi connectivity index (χ4v) is 3.40. The third-order valence-corrected chi connectivity index (χ3v) is 4.85. The molecule has 1 aromatic heterocycles. The molecule has 0 saturated carbocycles. The molecule has 3 aromatic rings. The largest absolute Gasteiger partial charge is 0.337 e. The van der Waals surface area contributed by atoms with E-state index < -0.39 is 23.6 Å². The number of hydrogen-bond donors (Lipinski definition) is 0. The van der Waals surface area contributed by atoms with E-state index in [0.717, 1.165) is 18.6 Å². The van der Waals surface area contributed by atoms with Crippen LogP contribution in [0.25, 0.3) is 11.4 Å². The van der Waals surface area contributed by atoms with E-state index in [-0.39, 0.29) is 5.56 Å². The van der Waals surface area contributed by atoms with Crippen molar-refractivity contribution in [2.24, 2.45) is 0 Å². The summed E-state index contributed by atoms with van der Waals surface area (Å²) in [6.07, 6.45) is 1.38. The molecular formula is C19H14ClF2N3O2. The molecule has 27 heavy (non-hydrogen) atoms. The van der Waals surface area contributed by atoms with Gasteiger partial charge in [0.2, 0.25) is 11.7 Å². The van der Waals surface area contributed by atoms with Gasteiger partial charge in [-0.15, -0.1) is 0 Å². The molecule has 5 nitrogen and oxygen atoms in total. The average molecular weight is 390 g/mol. The van der Waals surface area contributed by atoms with Crippen LogP contribution in [0, 0.1) is 11.6 Å². The van der Waals surface area contributed by atoms with Crippen LogP contribution < -0.4 is 0 Å². The van der Waals surface area contributed by atoms with Gasteiger partial charge in [-0.1, -0.05) is 28.9 Å². The van der Waals surface area contributed by atoms with Crippen molar-refractivity contribution in [1.29, 1.82) is 0 Å². The summed E-state index contributed by atoms with van der Waals surface area (Å²) in [7, 11) is 0. The van der Waals surface area contributed by atoms with Crippen LogP contribution in [0.4, 0.5) is 8.78 Å². The number of halogens is 3. The van der Waals surface area contributed by atoms with Crippen LogP contribution >= 0.6 is 11.6 Å². The fourth-order valence-electron chi connectivity index (χ4n) is 3.18. The van der Waals surface area contributed by atoms with Gasteiger partial charge in [0.05, 0.1) is 5.02 Å². The van der Waals surface area contributed by atoms with Crippen molar-refractivity contribution >= 4 is 17.5 Å². The third-order valence-electron chi connectivity index (χ3n) is 4.52. The molecule has 138 valence electrons. The third kappa shape index (κ3) is 3.30. The predicted molar refractivity (Wildman–Crippen MR) is 94.1 cm³/mol. The summed E-state index contributed by atoms with van der Waals surface area (Å²) in [6, 6.07) is 9.79. The van der Waals surface area contributed by atoms with Crippen LogP contribution in [-0.2, 0) is 0 Å². The summed E-state index contributed by atoms with van der Waals surface area (Å²) in [4.78, 5) is 18.7. The Morgan fingerprint density at radius 1 is 1.19 bits per heavy atom. The van der Waals surface area contributed by atoms with Crippen molar-refractivity contribution in [2.75, 3.05) is 6.54 Å². The molecule has 1 amide bonds. The maximum atomic E-state index is 13.5. The predicted octanol–water partition coefficient (Wildman–Crippen LogP) is 4.65. The van der Waals surface area contributed by atoms with Gasteiger partial charge in [0, 0.05) is 17.7 Å². The van der Waals surface area contributed by atoms with E-state index in [1.54, 1.807) is 18.2 Å². The van der Waals surface area contributed by atoms with E-state index in [1.165, 1.54) is 11.0 Å². The first-order valence-corrected chi connectivity index (χ1v) is 8.77. The number of aromatic nitrogens is 2. The van der Waals surface area contributed by atoms with E-state index in [4.69, 9.17) is 16.1 Å². The van der Waals surface area contributed by atoms with E-state index in [9.17, 15) is 13.6 Å². The summed E-state index contributed by atoms with van der Waals surface area (Å²) >= 11 is 6.16. The lowest BCUT2D eigenvalue weighted by molar-refractivity contribution is 0.0709. The lowest BCUT2D eigenvalue weighted by Gasteiger charge is -2.21. The molecule has 8 heteroatoms. The molecule has 0 unspecified atom stereocenters. The first-order valence-electron chi connectivity index (χ1n) is 8.39. The Hall–Kier alpha value is -2.80. The van der Waals surface area contributed by atoms with Crippen LogP contribution in [0.3, 0.4) is 0 Å². The molecule has 0 bridgehead atoms. The van der Waals surface area contributed by atoms with Gasteiger partial charge in [0.25, 0.3) is 5.91 Å². The van der Waals surface area contributed by atoms with Crippen LogP contribution in [0.5, 0.6) is 0 Å². The highest BCUT2D eigenvalue weighted by Crippen LogP contribution is 2.34. The smallest absolute Gasteiger partial charge is 0.254 e. The molecule has 0 aliphatic carbocycles. The quantitative estimate of drug-likeness (QED) is 0.654. The van der Waals surface area contributed by atoms with Gasteiger partial charge in [0.1, 0.15) is 6.04 Å². The Bertz CT molecular complexity index is 1010. The maximum absolute atomic E-state index is 13.5. The van der Waals surface area contributed by atoms with E-state index in [1.807, 2.05) is 6.07 Å². The minimum atomic E-state index is -1.06. The molecule has 0 N–H and O–H groups in total. The zero-order valence-corrected chi connectivity index (χ0v) is 14.8. The Morgan fingerprint density at radius 3 is 2.78 bits per heavy atom. The lowest BCUT2D eigenvalue weighted by Crippen LogP contribution is -2.30. The van der Waals surface area contributed by atoms with Gasteiger partial charge in [-0.3, -0.25) is 4.79 Å². The zero-order chi connectivity index (χ0) is 19.0. The van der Waals surface area contributed by atoms with Crippen molar-refractivity contribution < 1.29 is 18.1 Å². The van der Waals surface area contributed by atoms with Crippen LogP contribution in [-0.4, -0.2) is 27.5 Å². The molecule has 1 saturated heterocycles. The van der Waals surface area contributed by atoms with Gasteiger partial charge in [-0.2, -0.15) is 4.98 Å². The van der Waals surface area contributed by atoms with Crippen LogP contribution in [0.1, 0.15) is 35.1 Å². The number of hydrogen-bond acceptors (Lipinski definition) is 4. The highest BCUT2D eigenvalue weighted by atomic mass is 35.5. The number of benzene rings is 2. The second-order valence-corrected chi connectivity index (χ2v) is 6.63. The maximum Gasteiger partial charge on any atom is 0.254 e. The molecule has 1 fully saturated rings. The van der Waals surface area contributed by atoms with Crippen molar-refractivity contribution in [2.45, 2.75) is 18.9 Å². The molecule has 2 aromatic carbocycles. The second-order valence-electron chi connectivity index (χ2n) is 6.22. The number of carbonyl (C=O) groups excluding carboxylic acids is 1. The molecule has 2 heterocycles. The minimum absolute atomic E-state index is 0.0756. The van der Waals surface area contributed by atoms with Crippen LogP contribution in [0.15, 0.2) is 47.0 Å². The van der Waals surface area contributed by atoms with Crippen molar-refractivity contribution in [3.63, 3.8) is 0 Å². The number of carbonyl (C=O) groups is 1. The molecule has 1 aliphatic rings. The minimum Gasteiger partial charge on any atom is -0.337 e. The highest BCUT2D eigenvalue weighted by molar-refractivity contribution is 6.33. The van der Waals surface area contributed by atoms with Gasteiger partial charge in [-0.05, 0) is 43.2 Å². The topological polar surface area (TPSA) is 59.2 Å². The standard InChI is InChI=1S/C19H14ClF2N3O2/c20-13-5-2-1-4-12(13)17-23-18(27-24-17)16-6-3-9-25(16)19(26)11-7-8-14(21)15(22)10-11/h1-2,4-5,7-8,10,16H,3,6,9H2/t16-/m0/s1. The van der Waals surface area contributed by atoms with Gasteiger partial charge in [-0.25, -0.2) is 8.78 Å². The molecular weight excluding hydrogens is 376 g/mol. The Balaban J connectivity index is 1.61. The molecule has 4 rings (SSSR count). The van der Waals surface area contributed by atoms with Crippen molar-refractivity contribution in [3.8, 4) is 11.4 Å². The van der Waals surface area contributed by atoms with E-state index in [0.29, 0.717) is 35.3 Å². The number of amides is 1. The first-order chi connectivity index (χ1) is 13.0. The Kier molecular flexibility index (Phi) is 4.61. The average Bonchev–Trinajstić information content (AvgIpc) is 3.32. The van der Waals surface area contributed by atoms with Gasteiger partial charge < -0.3 is 9.42 Å². The highest BCUT2D eigenvalue weighted by Gasteiger charge is 2.35. The second kappa shape index (κ2) is 7.08. The summed E-state index contributed by atoms with van der Waals surface area (Å²) in [5.74, 6) is -1.84. The Labute approximate surface area is 158 Å².